The summed E-state index contributed by atoms with van der Waals surface area (Å²) in [4.78, 5) is 0. The Hall–Kier alpha value is -0.520. The zero-order valence-corrected chi connectivity index (χ0v) is 18.4. The average molecular weight is 451 g/mol. The van der Waals surface area contributed by atoms with E-state index in [2.05, 4.69) is 19.9 Å². The van der Waals surface area contributed by atoms with Crippen LogP contribution in [0.5, 0.6) is 0 Å². The Morgan fingerprint density at radius 1 is 0.931 bits per heavy atom. The molecule has 3 fully saturated rings. The molecule has 0 unspecified atom stereocenters. The fourth-order valence-corrected chi connectivity index (χ4v) is 8.26. The van der Waals surface area contributed by atoms with Gasteiger partial charge in [-0.2, -0.15) is 16.8 Å². The van der Waals surface area contributed by atoms with E-state index < -0.39 is 33.0 Å². The highest BCUT2D eigenvalue weighted by Gasteiger charge is 2.59. The van der Waals surface area contributed by atoms with Crippen LogP contribution in [0.15, 0.2) is 11.6 Å². The second-order valence-corrected chi connectivity index (χ2v) is 11.9. The van der Waals surface area contributed by atoms with E-state index in [4.69, 9.17) is 12.9 Å². The van der Waals surface area contributed by atoms with Gasteiger partial charge in [0.2, 0.25) is 0 Å². The van der Waals surface area contributed by atoms with Crippen molar-refractivity contribution in [3.05, 3.63) is 11.6 Å². The predicted octanol–water partition coefficient (Wildman–Crippen LogP) is 3.33. The molecular formula is C19H30O8S2. The maximum atomic E-state index is 11.3. The number of allylic oxidation sites excluding steroid dienone is 1. The molecule has 0 aromatic heterocycles. The Morgan fingerprint density at radius 3 is 2.28 bits per heavy atom. The maximum Gasteiger partial charge on any atom is 0.397 e. The third-order valence-corrected chi connectivity index (χ3v) is 9.46. The van der Waals surface area contributed by atoms with Gasteiger partial charge in [-0.15, -0.1) is 0 Å². The summed E-state index contributed by atoms with van der Waals surface area (Å²) in [6, 6.07) is 0. The summed E-state index contributed by atoms with van der Waals surface area (Å²) in [6.07, 6.45) is 7.25. The van der Waals surface area contributed by atoms with Crippen molar-refractivity contribution in [3.8, 4) is 0 Å². The first-order valence-corrected chi connectivity index (χ1v) is 13.1. The minimum Gasteiger partial charge on any atom is -0.264 e. The molecule has 8 nitrogen and oxygen atoms in total. The van der Waals surface area contributed by atoms with Gasteiger partial charge in [0.05, 0.1) is 12.2 Å². The topological polar surface area (TPSA) is 127 Å². The lowest BCUT2D eigenvalue weighted by atomic mass is 9.48. The molecule has 4 rings (SSSR count). The van der Waals surface area contributed by atoms with Gasteiger partial charge in [-0.25, -0.2) is 8.37 Å². The van der Waals surface area contributed by atoms with Gasteiger partial charge in [-0.3, -0.25) is 9.11 Å². The molecular weight excluding hydrogens is 420 g/mol. The van der Waals surface area contributed by atoms with Crippen LogP contribution in [-0.2, 0) is 29.2 Å². The Labute approximate surface area is 172 Å². The van der Waals surface area contributed by atoms with Crippen molar-refractivity contribution in [2.45, 2.75) is 77.4 Å². The van der Waals surface area contributed by atoms with E-state index in [9.17, 15) is 21.4 Å². The first-order valence-electron chi connectivity index (χ1n) is 10.3. The van der Waals surface area contributed by atoms with Crippen molar-refractivity contribution < 1.29 is 34.3 Å². The van der Waals surface area contributed by atoms with Crippen molar-refractivity contribution in [3.63, 3.8) is 0 Å². The van der Waals surface area contributed by atoms with Crippen molar-refractivity contribution in [1.29, 1.82) is 0 Å². The van der Waals surface area contributed by atoms with Gasteiger partial charge < -0.3 is 0 Å². The summed E-state index contributed by atoms with van der Waals surface area (Å²) in [5, 5.41) is 0. The van der Waals surface area contributed by atoms with E-state index in [1.807, 2.05) is 0 Å². The lowest BCUT2D eigenvalue weighted by molar-refractivity contribution is -0.0645. The molecule has 7 atom stereocenters. The molecule has 29 heavy (non-hydrogen) atoms. The minimum absolute atomic E-state index is 0.0364. The van der Waals surface area contributed by atoms with Crippen molar-refractivity contribution in [1.82, 2.24) is 0 Å². The molecule has 0 aromatic carbocycles. The number of hydrogen-bond donors (Lipinski definition) is 2. The van der Waals surface area contributed by atoms with Gasteiger partial charge >= 0.3 is 20.8 Å². The van der Waals surface area contributed by atoms with Gasteiger partial charge in [0, 0.05) is 0 Å². The summed E-state index contributed by atoms with van der Waals surface area (Å²) in [6.45, 7) is 4.35. The van der Waals surface area contributed by atoms with Crippen LogP contribution in [0.1, 0.15) is 65.2 Å². The largest absolute Gasteiger partial charge is 0.397 e. The molecule has 0 amide bonds. The molecule has 0 heterocycles. The lowest BCUT2D eigenvalue weighted by Gasteiger charge is -2.57. The summed E-state index contributed by atoms with van der Waals surface area (Å²) < 4.78 is 72.9. The molecule has 3 saturated carbocycles. The molecule has 166 valence electrons. The zero-order valence-electron chi connectivity index (χ0n) is 16.8. The molecule has 10 heteroatoms. The predicted molar refractivity (Wildman–Crippen MR) is 105 cm³/mol. The van der Waals surface area contributed by atoms with Gasteiger partial charge in [0.1, 0.15) is 0 Å². The highest BCUT2D eigenvalue weighted by Crippen LogP contribution is 2.65. The quantitative estimate of drug-likeness (QED) is 0.493. The van der Waals surface area contributed by atoms with Gasteiger partial charge in [-0.05, 0) is 80.0 Å². The number of rotatable bonds is 4. The molecule has 2 N–H and O–H groups in total. The van der Waals surface area contributed by atoms with Crippen LogP contribution >= 0.6 is 0 Å². The van der Waals surface area contributed by atoms with E-state index in [0.717, 1.165) is 32.1 Å². The van der Waals surface area contributed by atoms with Crippen LogP contribution in [0.3, 0.4) is 0 Å². The Kier molecular flexibility index (Phi) is 5.24. The molecule has 0 saturated heterocycles. The SMILES string of the molecule is C[C@]12CC[C@H]3[C@@H](CC=C4C[C@@H](OS(=O)(=O)O)CC[C@@]43C)[C@@H]1CC[C@H]2OS(=O)(=O)O. The maximum absolute atomic E-state index is 11.3. The van der Waals surface area contributed by atoms with Gasteiger partial charge in [0.25, 0.3) is 0 Å². The van der Waals surface area contributed by atoms with Crippen LogP contribution in [0.4, 0.5) is 0 Å². The molecule has 0 aromatic rings. The van der Waals surface area contributed by atoms with Crippen LogP contribution in [0, 0.1) is 28.6 Å². The summed E-state index contributed by atoms with van der Waals surface area (Å²) in [7, 11) is -8.93. The first-order chi connectivity index (χ1) is 13.3. The fraction of sp³-hybridized carbons (Fsp3) is 0.895. The van der Waals surface area contributed by atoms with Crippen LogP contribution in [-0.4, -0.2) is 38.1 Å². The van der Waals surface area contributed by atoms with Gasteiger partial charge in [-0.1, -0.05) is 25.5 Å². The Bertz CT molecular complexity index is 910. The first kappa shape index (κ1) is 21.7. The van der Waals surface area contributed by atoms with E-state index in [0.29, 0.717) is 37.0 Å². The minimum atomic E-state index is -4.47. The van der Waals surface area contributed by atoms with E-state index >= 15 is 0 Å². The standard InChI is InChI=1S/C19H30O8S2/c1-18-9-7-13(26-28(20,21)22)11-12(18)3-4-14-15-5-6-17(27-29(23,24)25)19(15,2)10-8-16(14)18/h3,13-17H,4-11H2,1-2H3,(H,20,21,22)(H,23,24,25)/t13-,14-,15-,16-,17+,18-,19-/m0/s1. The normalized spacial score (nSPS) is 45.1. The Morgan fingerprint density at radius 2 is 1.62 bits per heavy atom. The van der Waals surface area contributed by atoms with Crippen molar-refractivity contribution in [2.24, 2.45) is 28.6 Å². The summed E-state index contributed by atoms with van der Waals surface area (Å²) in [5.74, 6) is 1.18. The number of fused-ring (bicyclic) bond motifs is 5. The molecule has 0 aliphatic heterocycles. The molecule has 0 radical (unpaired) electrons. The van der Waals surface area contributed by atoms with Crippen molar-refractivity contribution in [2.75, 3.05) is 0 Å². The number of hydrogen-bond acceptors (Lipinski definition) is 6. The van der Waals surface area contributed by atoms with Crippen LogP contribution in [0.25, 0.3) is 0 Å². The average Bonchev–Trinajstić information content (AvgIpc) is 2.89. The third kappa shape index (κ3) is 3.92. The van der Waals surface area contributed by atoms with E-state index in [-0.39, 0.29) is 10.8 Å². The van der Waals surface area contributed by atoms with Gasteiger partial charge in [0.15, 0.2) is 0 Å². The lowest BCUT2D eigenvalue weighted by Crippen LogP contribution is -2.51. The molecule has 0 spiro atoms. The van der Waals surface area contributed by atoms with Crippen molar-refractivity contribution >= 4 is 20.8 Å². The molecule has 4 aliphatic carbocycles. The summed E-state index contributed by atoms with van der Waals surface area (Å²) in [5.41, 5.74) is 0.904. The third-order valence-electron chi connectivity index (χ3n) is 8.47. The van der Waals surface area contributed by atoms with E-state index in [1.54, 1.807) is 0 Å². The highest BCUT2D eigenvalue weighted by molar-refractivity contribution is 7.81. The zero-order chi connectivity index (χ0) is 21.2. The van der Waals surface area contributed by atoms with E-state index in [1.165, 1.54) is 5.57 Å². The second-order valence-electron chi connectivity index (χ2n) is 9.78. The monoisotopic (exact) mass is 450 g/mol. The second kappa shape index (κ2) is 7.00. The molecule has 4 aliphatic rings. The molecule has 0 bridgehead atoms. The summed E-state index contributed by atoms with van der Waals surface area (Å²) >= 11 is 0. The van der Waals surface area contributed by atoms with Crippen LogP contribution in [0.2, 0.25) is 0 Å². The highest BCUT2D eigenvalue weighted by atomic mass is 32.3. The Balaban J connectivity index is 1.56. The smallest absolute Gasteiger partial charge is 0.264 e. The van der Waals surface area contributed by atoms with Crippen LogP contribution < -0.4 is 0 Å². The fourth-order valence-electron chi connectivity index (χ4n) is 7.14.